The lowest BCUT2D eigenvalue weighted by atomic mass is 9.88. The first kappa shape index (κ1) is 21.3. The number of anilines is 1. The van der Waals surface area contributed by atoms with Gasteiger partial charge in [0.1, 0.15) is 0 Å². The van der Waals surface area contributed by atoms with Gasteiger partial charge in [0.25, 0.3) is 0 Å². The highest BCUT2D eigenvalue weighted by molar-refractivity contribution is 7.89. The number of nitrogens with one attached hydrogen (secondary N) is 1. The SMILES string of the molecule is Cl.Nc1ccc2c(c1)CCCC2NS(=O)(=O)c1ccc(OC(F)F)c(F)c1. The maximum Gasteiger partial charge on any atom is 0.387 e. The van der Waals surface area contributed by atoms with Crippen LogP contribution in [0.25, 0.3) is 0 Å². The number of hydrogen-bond donors (Lipinski definition) is 2. The van der Waals surface area contributed by atoms with Crippen LogP contribution in [-0.2, 0) is 16.4 Å². The van der Waals surface area contributed by atoms with E-state index in [9.17, 15) is 21.6 Å². The van der Waals surface area contributed by atoms with E-state index in [2.05, 4.69) is 9.46 Å². The van der Waals surface area contributed by atoms with Crippen LogP contribution in [0, 0.1) is 5.82 Å². The molecule has 0 aromatic heterocycles. The number of fused-ring (bicyclic) bond motifs is 1. The second-order valence-corrected chi connectivity index (χ2v) is 7.71. The predicted octanol–water partition coefficient (Wildman–Crippen LogP) is 3.79. The van der Waals surface area contributed by atoms with Crippen LogP contribution in [0.2, 0.25) is 0 Å². The van der Waals surface area contributed by atoms with Crippen molar-refractivity contribution in [2.24, 2.45) is 0 Å². The van der Waals surface area contributed by atoms with Gasteiger partial charge in [-0.3, -0.25) is 0 Å². The smallest absolute Gasteiger partial charge is 0.387 e. The van der Waals surface area contributed by atoms with E-state index in [1.54, 1.807) is 12.1 Å². The maximum absolute atomic E-state index is 13.8. The molecule has 2 aromatic rings. The lowest BCUT2D eigenvalue weighted by Gasteiger charge is -2.26. The number of sulfonamides is 1. The van der Waals surface area contributed by atoms with Gasteiger partial charge in [-0.15, -0.1) is 12.4 Å². The number of ether oxygens (including phenoxy) is 1. The Morgan fingerprint density at radius 3 is 2.59 bits per heavy atom. The van der Waals surface area contributed by atoms with Crippen molar-refractivity contribution >= 4 is 28.1 Å². The summed E-state index contributed by atoms with van der Waals surface area (Å²) < 4.78 is 69.9. The zero-order valence-electron chi connectivity index (χ0n) is 14.0. The number of rotatable bonds is 5. The largest absolute Gasteiger partial charge is 0.432 e. The Hall–Kier alpha value is -1.97. The Morgan fingerprint density at radius 1 is 1.19 bits per heavy atom. The third kappa shape index (κ3) is 4.85. The van der Waals surface area contributed by atoms with Crippen molar-refractivity contribution in [3.8, 4) is 5.75 Å². The molecule has 1 aliphatic carbocycles. The van der Waals surface area contributed by atoms with Gasteiger partial charge in [0, 0.05) is 11.7 Å². The first-order chi connectivity index (χ1) is 12.3. The molecule has 3 N–H and O–H groups in total. The van der Waals surface area contributed by atoms with Crippen LogP contribution in [0.1, 0.15) is 30.0 Å². The van der Waals surface area contributed by atoms with Gasteiger partial charge in [-0.05, 0) is 60.7 Å². The Balaban J connectivity index is 0.00000261. The molecule has 1 atom stereocenters. The van der Waals surface area contributed by atoms with Crippen molar-refractivity contribution in [2.45, 2.75) is 36.8 Å². The van der Waals surface area contributed by atoms with Crippen LogP contribution >= 0.6 is 12.4 Å². The molecule has 5 nitrogen and oxygen atoms in total. The summed E-state index contributed by atoms with van der Waals surface area (Å²) in [7, 11) is -4.04. The van der Waals surface area contributed by atoms with Crippen molar-refractivity contribution in [1.82, 2.24) is 4.72 Å². The number of halogens is 4. The van der Waals surface area contributed by atoms with Gasteiger partial charge in [0.05, 0.1) is 4.90 Å². The molecule has 0 amide bonds. The summed E-state index contributed by atoms with van der Waals surface area (Å²) >= 11 is 0. The highest BCUT2D eigenvalue weighted by Crippen LogP contribution is 2.32. The molecule has 1 unspecified atom stereocenters. The molecule has 0 radical (unpaired) electrons. The van der Waals surface area contributed by atoms with E-state index in [1.807, 2.05) is 6.07 Å². The quantitative estimate of drug-likeness (QED) is 0.718. The van der Waals surface area contributed by atoms with Crippen LogP contribution in [-0.4, -0.2) is 15.0 Å². The molecule has 27 heavy (non-hydrogen) atoms. The van der Waals surface area contributed by atoms with Crippen molar-refractivity contribution in [2.75, 3.05) is 5.73 Å². The van der Waals surface area contributed by atoms with E-state index in [1.165, 1.54) is 0 Å². The fourth-order valence-corrected chi connectivity index (χ4v) is 4.31. The molecular weight excluding hydrogens is 405 g/mol. The van der Waals surface area contributed by atoms with Gasteiger partial charge in [-0.2, -0.15) is 8.78 Å². The van der Waals surface area contributed by atoms with Crippen molar-refractivity contribution in [3.63, 3.8) is 0 Å². The average Bonchev–Trinajstić information content (AvgIpc) is 2.56. The molecule has 2 aromatic carbocycles. The van der Waals surface area contributed by atoms with Gasteiger partial charge in [0.15, 0.2) is 11.6 Å². The second-order valence-electron chi connectivity index (χ2n) is 6.00. The molecular formula is C17H18ClF3N2O3S. The summed E-state index contributed by atoms with van der Waals surface area (Å²) in [5, 5.41) is 0. The second kappa shape index (κ2) is 8.37. The minimum atomic E-state index is -4.04. The van der Waals surface area contributed by atoms with E-state index in [-0.39, 0.29) is 17.3 Å². The van der Waals surface area contributed by atoms with E-state index in [0.717, 1.165) is 36.1 Å². The van der Waals surface area contributed by atoms with Gasteiger partial charge < -0.3 is 10.5 Å². The maximum atomic E-state index is 13.8. The number of aryl methyl sites for hydroxylation is 1. The fourth-order valence-electron chi connectivity index (χ4n) is 3.05. The Labute approximate surface area is 161 Å². The monoisotopic (exact) mass is 422 g/mol. The predicted molar refractivity (Wildman–Crippen MR) is 97.1 cm³/mol. The number of nitrogens with two attached hydrogens (primary N) is 1. The zero-order valence-corrected chi connectivity index (χ0v) is 15.6. The molecule has 0 spiro atoms. The molecule has 0 aliphatic heterocycles. The zero-order chi connectivity index (χ0) is 18.9. The topological polar surface area (TPSA) is 81.4 Å². The molecule has 0 saturated carbocycles. The molecule has 0 heterocycles. The highest BCUT2D eigenvalue weighted by atomic mass is 35.5. The van der Waals surface area contributed by atoms with Crippen LogP contribution in [0.3, 0.4) is 0 Å². The van der Waals surface area contributed by atoms with Crippen LogP contribution < -0.4 is 15.2 Å². The van der Waals surface area contributed by atoms with E-state index < -0.39 is 34.2 Å². The molecule has 0 saturated heterocycles. The summed E-state index contributed by atoms with van der Waals surface area (Å²) in [6, 6.07) is 7.36. The van der Waals surface area contributed by atoms with Gasteiger partial charge in [0.2, 0.25) is 10.0 Å². The van der Waals surface area contributed by atoms with Gasteiger partial charge in [-0.25, -0.2) is 17.5 Å². The first-order valence-corrected chi connectivity index (χ1v) is 9.39. The van der Waals surface area contributed by atoms with Gasteiger partial charge in [-0.1, -0.05) is 6.07 Å². The highest BCUT2D eigenvalue weighted by Gasteiger charge is 2.26. The van der Waals surface area contributed by atoms with Crippen LogP contribution in [0.5, 0.6) is 5.75 Å². The first-order valence-electron chi connectivity index (χ1n) is 7.91. The summed E-state index contributed by atoms with van der Waals surface area (Å²) in [6.45, 7) is -3.20. The molecule has 0 fully saturated rings. The lowest BCUT2D eigenvalue weighted by molar-refractivity contribution is -0.0522. The summed E-state index contributed by atoms with van der Waals surface area (Å²) in [4.78, 5) is -0.362. The molecule has 10 heteroatoms. The Bertz CT molecular complexity index is 926. The normalized spacial score (nSPS) is 16.5. The molecule has 0 bridgehead atoms. The summed E-state index contributed by atoms with van der Waals surface area (Å²) in [6.07, 6.45) is 2.16. The third-order valence-corrected chi connectivity index (χ3v) is 5.68. The number of hydrogen-bond acceptors (Lipinski definition) is 4. The van der Waals surface area contributed by atoms with Gasteiger partial charge >= 0.3 is 6.61 Å². The number of nitrogen functional groups attached to an aromatic ring is 1. The number of alkyl halides is 2. The minimum absolute atomic E-state index is 0. The van der Waals surface area contributed by atoms with Crippen LogP contribution in [0.15, 0.2) is 41.3 Å². The van der Waals surface area contributed by atoms with E-state index in [4.69, 9.17) is 5.73 Å². The van der Waals surface area contributed by atoms with Crippen molar-refractivity contribution in [3.05, 3.63) is 53.3 Å². The van der Waals surface area contributed by atoms with Crippen LogP contribution in [0.4, 0.5) is 18.9 Å². The minimum Gasteiger partial charge on any atom is -0.432 e. The van der Waals surface area contributed by atoms with Crippen molar-refractivity contribution < 1.29 is 26.3 Å². The third-order valence-electron chi connectivity index (χ3n) is 4.21. The summed E-state index contributed by atoms with van der Waals surface area (Å²) in [5.74, 6) is -1.89. The molecule has 1 aliphatic rings. The molecule has 3 rings (SSSR count). The van der Waals surface area contributed by atoms with E-state index in [0.29, 0.717) is 18.2 Å². The average molecular weight is 423 g/mol. The molecule has 148 valence electrons. The standard InChI is InChI=1S/C17H17F3N2O3S.ClH/c18-14-9-12(5-7-16(14)25-17(19)20)26(23,24)22-15-3-1-2-10-8-11(21)4-6-13(10)15;/h4-9,15,17,22H,1-3,21H2;1H. The van der Waals surface area contributed by atoms with E-state index >= 15 is 0 Å². The Morgan fingerprint density at radius 2 is 1.93 bits per heavy atom. The fraction of sp³-hybridized carbons (Fsp3) is 0.294. The summed E-state index contributed by atoms with van der Waals surface area (Å²) in [5.41, 5.74) is 8.16. The number of benzene rings is 2. The Kier molecular flexibility index (Phi) is 6.61. The lowest BCUT2D eigenvalue weighted by Crippen LogP contribution is -2.31. The van der Waals surface area contributed by atoms with Crippen molar-refractivity contribution in [1.29, 1.82) is 0 Å².